The van der Waals surface area contributed by atoms with E-state index in [1.165, 1.54) is 120 Å². The fraction of sp³-hybridized carbons (Fsp3) is 0.211. The molecule has 7 aromatic rings. The lowest BCUT2D eigenvalue weighted by Crippen LogP contribution is -2.01. The van der Waals surface area contributed by atoms with Crippen LogP contribution in [0.2, 0.25) is 0 Å². The molecule has 8 rings (SSSR count). The summed E-state index contributed by atoms with van der Waals surface area (Å²) >= 11 is 0. The fourth-order valence-electron chi connectivity index (χ4n) is 7.33. The van der Waals surface area contributed by atoms with Crippen LogP contribution >= 0.6 is 0 Å². The van der Waals surface area contributed by atoms with Gasteiger partial charge in [0.1, 0.15) is 0 Å². The number of benzene rings is 7. The molecule has 1 nitrogen and oxygen atoms in total. The van der Waals surface area contributed by atoms with Crippen LogP contribution in [0.3, 0.4) is 0 Å². The number of fused-ring (bicyclic) bond motifs is 8. The highest BCUT2D eigenvalue weighted by molar-refractivity contribution is 6.43. The summed E-state index contributed by atoms with van der Waals surface area (Å²) in [5, 5.41) is 17.5. The number of hydrogen-bond donors (Lipinski definition) is 1. The van der Waals surface area contributed by atoms with Crippen LogP contribution in [0.1, 0.15) is 45.4 Å². The van der Waals surface area contributed by atoms with Crippen molar-refractivity contribution in [2.24, 2.45) is 0 Å². The molecule has 0 heterocycles. The number of rotatable bonds is 8. The highest BCUT2D eigenvalue weighted by atomic mass is 14.9. The molecule has 0 fully saturated rings. The molecule has 0 bridgehead atoms. The molecule has 0 aliphatic heterocycles. The highest BCUT2D eigenvalue weighted by Crippen LogP contribution is 2.55. The van der Waals surface area contributed by atoms with Crippen molar-refractivity contribution in [1.82, 2.24) is 0 Å². The molecule has 0 radical (unpaired) electrons. The lowest BCUT2D eigenvalue weighted by atomic mass is 9.84. The summed E-state index contributed by atoms with van der Waals surface area (Å²) in [6, 6.07) is 34.5. The molecule has 0 saturated heterocycles. The van der Waals surface area contributed by atoms with Gasteiger partial charge >= 0.3 is 0 Å². The van der Waals surface area contributed by atoms with Crippen LogP contribution in [0, 0.1) is 0 Å². The number of anilines is 1. The van der Waals surface area contributed by atoms with Crippen LogP contribution in [0.25, 0.3) is 76.1 Å². The molecular weight excluding hydrogens is 470 g/mol. The van der Waals surface area contributed by atoms with E-state index in [0.717, 1.165) is 6.54 Å². The van der Waals surface area contributed by atoms with E-state index in [2.05, 4.69) is 103 Å². The quantitative estimate of drug-likeness (QED) is 0.123. The van der Waals surface area contributed by atoms with Gasteiger partial charge in [0.15, 0.2) is 0 Å². The second kappa shape index (κ2) is 8.99. The Balaban J connectivity index is 1.33. The first-order valence-electron chi connectivity index (χ1n) is 14.8. The van der Waals surface area contributed by atoms with Gasteiger partial charge in [-0.25, -0.2) is 0 Å². The smallest absolute Gasteiger partial charge is 0.0346 e. The first kappa shape index (κ1) is 22.8. The number of nitrogens with one attached hydrogen (secondary N) is 1. The van der Waals surface area contributed by atoms with Crippen LogP contribution in [0.4, 0.5) is 5.69 Å². The third-order valence-corrected chi connectivity index (χ3v) is 9.07. The summed E-state index contributed by atoms with van der Waals surface area (Å²) < 4.78 is 0. The first-order chi connectivity index (χ1) is 19.3. The molecule has 1 aliphatic carbocycles. The lowest BCUT2D eigenvalue weighted by molar-refractivity contribution is 0.617. The van der Waals surface area contributed by atoms with E-state index < -0.39 is 0 Å². The summed E-state index contributed by atoms with van der Waals surface area (Å²) in [7, 11) is 0. The molecule has 1 heteroatoms. The van der Waals surface area contributed by atoms with Crippen LogP contribution in [-0.4, -0.2) is 6.54 Å². The van der Waals surface area contributed by atoms with Gasteiger partial charge in [-0.2, -0.15) is 0 Å². The summed E-state index contributed by atoms with van der Waals surface area (Å²) in [5.74, 6) is 0. The van der Waals surface area contributed by atoms with Crippen molar-refractivity contribution in [3.63, 3.8) is 0 Å². The minimum Gasteiger partial charge on any atom is -0.385 e. The van der Waals surface area contributed by atoms with Gasteiger partial charge in [-0.05, 0) is 94.7 Å². The summed E-state index contributed by atoms with van der Waals surface area (Å²) in [6.45, 7) is 3.32. The molecule has 0 atom stereocenters. The minimum atomic E-state index is 1.04. The maximum atomic E-state index is 3.73. The molecule has 0 unspecified atom stereocenters. The van der Waals surface area contributed by atoms with Gasteiger partial charge in [-0.15, -0.1) is 0 Å². The van der Waals surface area contributed by atoms with Crippen molar-refractivity contribution in [2.45, 2.75) is 45.4 Å². The van der Waals surface area contributed by atoms with E-state index in [1.54, 1.807) is 0 Å². The zero-order chi connectivity index (χ0) is 25.9. The van der Waals surface area contributed by atoms with Crippen molar-refractivity contribution < 1.29 is 0 Å². The SMILES string of the molecule is CCCCCCCCNc1ccc2c(c1)-c1ccc3c4cccc5cccc(c54)c4c5ccccc5c-2c1c34. The molecular formula is C38H33N. The van der Waals surface area contributed by atoms with Crippen molar-refractivity contribution in [1.29, 1.82) is 0 Å². The Bertz CT molecular complexity index is 2020. The molecule has 0 amide bonds. The second-order valence-corrected chi connectivity index (χ2v) is 11.4. The summed E-state index contributed by atoms with van der Waals surface area (Å²) in [6.07, 6.45) is 7.94. The lowest BCUT2D eigenvalue weighted by Gasteiger charge is -2.18. The Morgan fingerprint density at radius 1 is 0.487 bits per heavy atom. The number of unbranched alkanes of at least 4 members (excludes halogenated alkanes) is 5. The normalized spacial score (nSPS) is 12.4. The van der Waals surface area contributed by atoms with Gasteiger partial charge in [-0.3, -0.25) is 0 Å². The van der Waals surface area contributed by atoms with Crippen LogP contribution < -0.4 is 5.32 Å². The molecule has 7 aromatic carbocycles. The van der Waals surface area contributed by atoms with Crippen molar-refractivity contribution in [3.8, 4) is 22.3 Å². The number of hydrogen-bond acceptors (Lipinski definition) is 1. The minimum absolute atomic E-state index is 1.04. The topological polar surface area (TPSA) is 12.0 Å². The Morgan fingerprint density at radius 2 is 1.18 bits per heavy atom. The second-order valence-electron chi connectivity index (χ2n) is 11.4. The zero-order valence-corrected chi connectivity index (χ0v) is 22.6. The van der Waals surface area contributed by atoms with Crippen LogP contribution in [-0.2, 0) is 0 Å². The van der Waals surface area contributed by atoms with E-state index in [0.29, 0.717) is 0 Å². The van der Waals surface area contributed by atoms with Gasteiger partial charge in [-0.1, -0.05) is 118 Å². The van der Waals surface area contributed by atoms with Gasteiger partial charge in [0, 0.05) is 12.2 Å². The van der Waals surface area contributed by atoms with Gasteiger partial charge in [0.2, 0.25) is 0 Å². The summed E-state index contributed by atoms with van der Waals surface area (Å²) in [5.41, 5.74) is 6.75. The van der Waals surface area contributed by atoms with Gasteiger partial charge in [0.05, 0.1) is 0 Å². The predicted molar refractivity (Wildman–Crippen MR) is 171 cm³/mol. The fourth-order valence-corrected chi connectivity index (χ4v) is 7.33. The summed E-state index contributed by atoms with van der Waals surface area (Å²) in [4.78, 5) is 0. The Morgan fingerprint density at radius 3 is 2.05 bits per heavy atom. The van der Waals surface area contributed by atoms with Crippen molar-refractivity contribution in [2.75, 3.05) is 11.9 Å². The monoisotopic (exact) mass is 503 g/mol. The van der Waals surface area contributed by atoms with E-state index in [1.807, 2.05) is 0 Å². The predicted octanol–water partition coefficient (Wildman–Crippen LogP) is 11.3. The molecule has 0 spiro atoms. The largest absolute Gasteiger partial charge is 0.385 e. The Labute approximate surface area is 229 Å². The van der Waals surface area contributed by atoms with E-state index in [4.69, 9.17) is 0 Å². The maximum absolute atomic E-state index is 3.73. The van der Waals surface area contributed by atoms with Crippen LogP contribution in [0.5, 0.6) is 0 Å². The van der Waals surface area contributed by atoms with Gasteiger partial charge in [0.25, 0.3) is 0 Å². The standard InChI is InChI=1S/C38H33N/c1-2-3-4-5-6-9-22-39-25-18-19-30-33(23-25)31-21-20-29-26-16-10-12-24-13-11-17-32(34(24)26)36-28-15-8-7-14-27(28)35(30)38(31)37(29)36/h7-8,10-21,23,39H,2-6,9,22H2,1H3. The Hall–Kier alpha value is -4.10. The average molecular weight is 504 g/mol. The third-order valence-electron chi connectivity index (χ3n) is 9.07. The van der Waals surface area contributed by atoms with Gasteiger partial charge < -0.3 is 5.32 Å². The highest BCUT2D eigenvalue weighted by Gasteiger charge is 2.27. The molecule has 190 valence electrons. The molecule has 0 aromatic heterocycles. The van der Waals surface area contributed by atoms with Crippen molar-refractivity contribution in [3.05, 3.63) is 91.0 Å². The average Bonchev–Trinajstić information content (AvgIpc) is 3.32. The molecule has 0 saturated carbocycles. The molecule has 1 N–H and O–H groups in total. The first-order valence-corrected chi connectivity index (χ1v) is 14.8. The maximum Gasteiger partial charge on any atom is 0.0346 e. The van der Waals surface area contributed by atoms with Crippen LogP contribution in [0.15, 0.2) is 91.0 Å². The molecule has 39 heavy (non-hydrogen) atoms. The third kappa shape index (κ3) is 3.32. The van der Waals surface area contributed by atoms with E-state index >= 15 is 0 Å². The van der Waals surface area contributed by atoms with E-state index in [9.17, 15) is 0 Å². The van der Waals surface area contributed by atoms with E-state index in [-0.39, 0.29) is 0 Å². The zero-order valence-electron chi connectivity index (χ0n) is 22.6. The Kier molecular flexibility index (Phi) is 5.26. The molecule has 1 aliphatic rings. The van der Waals surface area contributed by atoms with Crippen molar-refractivity contribution >= 4 is 59.5 Å².